The van der Waals surface area contributed by atoms with E-state index in [-0.39, 0.29) is 0 Å². The van der Waals surface area contributed by atoms with E-state index in [2.05, 4.69) is 35.5 Å². The van der Waals surface area contributed by atoms with Crippen molar-refractivity contribution in [2.24, 2.45) is 0 Å². The summed E-state index contributed by atoms with van der Waals surface area (Å²) in [6.07, 6.45) is 3.66. The second kappa shape index (κ2) is 3.91. The lowest BCUT2D eigenvalue weighted by molar-refractivity contribution is 0.310. The quantitative estimate of drug-likeness (QED) is 0.799. The van der Waals surface area contributed by atoms with Crippen molar-refractivity contribution >= 4 is 5.69 Å². The summed E-state index contributed by atoms with van der Waals surface area (Å²) in [5, 5.41) is 3.45. The Kier molecular flexibility index (Phi) is 2.51. The molecule has 0 aromatic heterocycles. The minimum absolute atomic E-state index is 0.347. The maximum atomic E-state index is 5.32. The van der Waals surface area contributed by atoms with E-state index in [1.807, 2.05) is 0 Å². The highest BCUT2D eigenvalue weighted by atomic mass is 16.5. The molecule has 1 aromatic carbocycles. The number of fused-ring (bicyclic) bond motifs is 1. The number of hydrogen-bond donors (Lipinski definition) is 1. The van der Waals surface area contributed by atoms with Crippen molar-refractivity contribution in [3.63, 3.8) is 0 Å². The van der Waals surface area contributed by atoms with Gasteiger partial charge in [0.25, 0.3) is 0 Å². The zero-order valence-electron chi connectivity index (χ0n) is 10.6. The molecule has 0 atom stereocenters. The van der Waals surface area contributed by atoms with Gasteiger partial charge in [0.1, 0.15) is 5.75 Å². The van der Waals surface area contributed by atoms with E-state index in [0.29, 0.717) is 5.54 Å². The van der Waals surface area contributed by atoms with E-state index in [4.69, 9.17) is 4.74 Å². The minimum atomic E-state index is 0.347. The monoisotopic (exact) mass is 232 g/mol. The van der Waals surface area contributed by atoms with Gasteiger partial charge < -0.3 is 15.0 Å². The summed E-state index contributed by atoms with van der Waals surface area (Å²) in [7, 11) is 3.97. The lowest BCUT2D eigenvalue weighted by atomic mass is 9.85. The molecule has 3 nitrogen and oxygen atoms in total. The summed E-state index contributed by atoms with van der Waals surface area (Å²) >= 11 is 0. The number of likely N-dealkylation sites (N-methyl/N-ethyl adjacent to an activating group) is 1. The summed E-state index contributed by atoms with van der Waals surface area (Å²) in [5.74, 6) is 0.960. The zero-order chi connectivity index (χ0) is 11.9. The number of rotatable bonds is 1. The van der Waals surface area contributed by atoms with Gasteiger partial charge in [0.05, 0.1) is 7.11 Å². The van der Waals surface area contributed by atoms with Gasteiger partial charge in [-0.15, -0.1) is 0 Å². The van der Waals surface area contributed by atoms with Crippen LogP contribution in [0.1, 0.15) is 18.4 Å². The van der Waals surface area contributed by atoms with Gasteiger partial charge in [-0.05, 0) is 44.0 Å². The van der Waals surface area contributed by atoms with E-state index >= 15 is 0 Å². The van der Waals surface area contributed by atoms with Crippen LogP contribution in [0, 0.1) is 0 Å². The van der Waals surface area contributed by atoms with Gasteiger partial charge >= 0.3 is 0 Å². The van der Waals surface area contributed by atoms with Crippen LogP contribution in [0.3, 0.4) is 0 Å². The average molecular weight is 232 g/mol. The standard InChI is InChI=1S/C14H20N2O/c1-16-13-9-12(17-2)4-3-11(13)10-14(16)5-7-15-8-6-14/h3-4,9,15H,5-8,10H2,1-2H3. The van der Waals surface area contributed by atoms with Crippen LogP contribution < -0.4 is 15.0 Å². The smallest absolute Gasteiger partial charge is 0.120 e. The van der Waals surface area contributed by atoms with Gasteiger partial charge in [0, 0.05) is 24.3 Å². The first kappa shape index (κ1) is 10.9. The predicted octanol–water partition coefficient (Wildman–Crippen LogP) is 1.81. The SMILES string of the molecule is COc1ccc2c(c1)N(C)C1(CCNCC1)C2. The first-order chi connectivity index (χ1) is 8.25. The van der Waals surface area contributed by atoms with E-state index in [1.54, 1.807) is 7.11 Å². The molecule has 1 N–H and O–H groups in total. The van der Waals surface area contributed by atoms with Crippen molar-refractivity contribution in [2.45, 2.75) is 24.8 Å². The number of methoxy groups -OCH3 is 1. The largest absolute Gasteiger partial charge is 0.497 e. The zero-order valence-corrected chi connectivity index (χ0v) is 10.6. The molecule has 0 saturated carbocycles. The molecular formula is C14H20N2O. The number of ether oxygens (including phenoxy) is 1. The van der Waals surface area contributed by atoms with Crippen LogP contribution in [0.15, 0.2) is 18.2 Å². The Morgan fingerprint density at radius 1 is 1.29 bits per heavy atom. The molecule has 2 aliphatic heterocycles. The van der Waals surface area contributed by atoms with E-state index < -0.39 is 0 Å². The number of anilines is 1. The molecular weight excluding hydrogens is 212 g/mol. The van der Waals surface area contributed by atoms with Crippen LogP contribution >= 0.6 is 0 Å². The molecule has 1 saturated heterocycles. The van der Waals surface area contributed by atoms with Crippen LogP contribution in [0.2, 0.25) is 0 Å². The van der Waals surface area contributed by atoms with Crippen molar-refractivity contribution in [2.75, 3.05) is 32.1 Å². The Bertz CT molecular complexity index is 424. The fourth-order valence-corrected chi connectivity index (χ4v) is 3.27. The molecule has 0 amide bonds. The molecule has 0 bridgehead atoms. The molecule has 0 aliphatic carbocycles. The minimum Gasteiger partial charge on any atom is -0.497 e. The third-order valence-electron chi connectivity index (χ3n) is 4.42. The van der Waals surface area contributed by atoms with Crippen LogP contribution in [0.5, 0.6) is 5.75 Å². The van der Waals surface area contributed by atoms with Crippen molar-refractivity contribution in [3.8, 4) is 5.75 Å². The Hall–Kier alpha value is -1.22. The van der Waals surface area contributed by atoms with Crippen LogP contribution in [0.25, 0.3) is 0 Å². The molecule has 17 heavy (non-hydrogen) atoms. The first-order valence-electron chi connectivity index (χ1n) is 6.37. The normalized spacial score (nSPS) is 21.6. The molecule has 92 valence electrons. The number of benzene rings is 1. The molecule has 2 heterocycles. The Morgan fingerprint density at radius 2 is 2.06 bits per heavy atom. The lowest BCUT2D eigenvalue weighted by Gasteiger charge is -2.41. The van der Waals surface area contributed by atoms with Crippen molar-refractivity contribution in [1.82, 2.24) is 5.32 Å². The van der Waals surface area contributed by atoms with Gasteiger partial charge in [0.15, 0.2) is 0 Å². The lowest BCUT2D eigenvalue weighted by Crippen LogP contribution is -2.51. The summed E-state index contributed by atoms with van der Waals surface area (Å²) < 4.78 is 5.32. The average Bonchev–Trinajstić information content (AvgIpc) is 2.63. The number of hydrogen-bond acceptors (Lipinski definition) is 3. The van der Waals surface area contributed by atoms with E-state index in [9.17, 15) is 0 Å². The van der Waals surface area contributed by atoms with Gasteiger partial charge in [-0.1, -0.05) is 6.07 Å². The molecule has 3 heteroatoms. The van der Waals surface area contributed by atoms with Crippen molar-refractivity contribution < 1.29 is 4.74 Å². The predicted molar refractivity (Wildman–Crippen MR) is 69.9 cm³/mol. The maximum Gasteiger partial charge on any atom is 0.120 e. The summed E-state index contributed by atoms with van der Waals surface area (Å²) in [6.45, 7) is 2.27. The van der Waals surface area contributed by atoms with Crippen molar-refractivity contribution in [3.05, 3.63) is 23.8 Å². The Balaban J connectivity index is 1.96. The maximum absolute atomic E-state index is 5.32. The van der Waals surface area contributed by atoms with E-state index in [1.165, 1.54) is 30.5 Å². The van der Waals surface area contributed by atoms with Crippen LogP contribution in [-0.4, -0.2) is 32.8 Å². The van der Waals surface area contributed by atoms with Gasteiger partial charge in [-0.3, -0.25) is 0 Å². The molecule has 0 unspecified atom stereocenters. The highest BCUT2D eigenvalue weighted by Gasteiger charge is 2.42. The van der Waals surface area contributed by atoms with Gasteiger partial charge in [-0.2, -0.15) is 0 Å². The molecule has 1 aromatic rings. The fraction of sp³-hybridized carbons (Fsp3) is 0.571. The molecule has 2 aliphatic rings. The fourth-order valence-electron chi connectivity index (χ4n) is 3.27. The molecule has 1 fully saturated rings. The topological polar surface area (TPSA) is 24.5 Å². The highest BCUT2D eigenvalue weighted by molar-refractivity contribution is 5.63. The second-order valence-electron chi connectivity index (χ2n) is 5.20. The summed E-state index contributed by atoms with van der Waals surface area (Å²) in [5.41, 5.74) is 3.17. The van der Waals surface area contributed by atoms with Gasteiger partial charge in [-0.25, -0.2) is 0 Å². The summed E-state index contributed by atoms with van der Waals surface area (Å²) in [6, 6.07) is 6.47. The number of piperidine rings is 1. The van der Waals surface area contributed by atoms with Gasteiger partial charge in [0.2, 0.25) is 0 Å². The molecule has 1 spiro atoms. The third-order valence-corrected chi connectivity index (χ3v) is 4.42. The molecule has 0 radical (unpaired) electrons. The third kappa shape index (κ3) is 1.61. The van der Waals surface area contributed by atoms with Crippen molar-refractivity contribution in [1.29, 1.82) is 0 Å². The first-order valence-corrected chi connectivity index (χ1v) is 6.37. The second-order valence-corrected chi connectivity index (χ2v) is 5.20. The van der Waals surface area contributed by atoms with Crippen LogP contribution in [0.4, 0.5) is 5.69 Å². The Morgan fingerprint density at radius 3 is 2.76 bits per heavy atom. The molecule has 3 rings (SSSR count). The van der Waals surface area contributed by atoms with Crippen LogP contribution in [-0.2, 0) is 6.42 Å². The number of nitrogens with one attached hydrogen (secondary N) is 1. The Labute approximate surface area is 103 Å². The highest BCUT2D eigenvalue weighted by Crippen LogP contribution is 2.43. The van der Waals surface area contributed by atoms with E-state index in [0.717, 1.165) is 18.8 Å². The summed E-state index contributed by atoms with van der Waals surface area (Å²) in [4.78, 5) is 2.48. The number of nitrogens with zero attached hydrogens (tertiary/aromatic N) is 1.